The first-order chi connectivity index (χ1) is 20.8. The van der Waals surface area contributed by atoms with E-state index in [1.54, 1.807) is 24.3 Å². The van der Waals surface area contributed by atoms with Crippen LogP contribution in [0.15, 0.2) is 24.3 Å². The molecule has 1 aromatic carbocycles. The summed E-state index contributed by atoms with van der Waals surface area (Å²) in [6.45, 7) is 20.5. The third kappa shape index (κ3) is 22.7. The van der Waals surface area contributed by atoms with E-state index in [-0.39, 0.29) is 5.04 Å². The SMILES string of the molecule is CC(C)(C)[Si](C)(C)OCCOCCOCCOCCOCCOCCOCCOCCOCCOc1ccc(C=O)cc1. The summed E-state index contributed by atoms with van der Waals surface area (Å²) >= 11 is 0. The lowest BCUT2D eigenvalue weighted by atomic mass is 10.2. The van der Waals surface area contributed by atoms with Gasteiger partial charge in [-0.2, -0.15) is 0 Å². The normalized spacial score (nSPS) is 12.1. The highest BCUT2D eigenvalue weighted by Gasteiger charge is 2.36. The fraction of sp³-hybridized carbons (Fsp3) is 0.774. The molecule has 12 heteroatoms. The summed E-state index contributed by atoms with van der Waals surface area (Å²) < 4.78 is 55.6. The van der Waals surface area contributed by atoms with Crippen molar-refractivity contribution in [1.82, 2.24) is 0 Å². The molecular formula is C31H56O11Si. The number of benzene rings is 1. The Hall–Kier alpha value is -1.45. The third-order valence-corrected chi connectivity index (χ3v) is 11.2. The largest absolute Gasteiger partial charge is 0.491 e. The van der Waals surface area contributed by atoms with Gasteiger partial charge in [-0.15, -0.1) is 0 Å². The van der Waals surface area contributed by atoms with E-state index in [2.05, 4.69) is 33.9 Å². The van der Waals surface area contributed by atoms with Crippen LogP contribution in [0, 0.1) is 0 Å². The zero-order valence-electron chi connectivity index (χ0n) is 27.1. The fourth-order valence-corrected chi connectivity index (χ4v) is 4.10. The molecule has 0 atom stereocenters. The van der Waals surface area contributed by atoms with Crippen LogP contribution >= 0.6 is 0 Å². The van der Waals surface area contributed by atoms with E-state index in [1.807, 2.05) is 0 Å². The van der Waals surface area contributed by atoms with Crippen molar-refractivity contribution >= 4 is 14.6 Å². The number of rotatable bonds is 30. The van der Waals surface area contributed by atoms with Crippen molar-refractivity contribution in [3.8, 4) is 5.75 Å². The van der Waals surface area contributed by atoms with Gasteiger partial charge in [-0.1, -0.05) is 20.8 Å². The minimum absolute atomic E-state index is 0.216. The van der Waals surface area contributed by atoms with Crippen molar-refractivity contribution < 1.29 is 51.9 Å². The van der Waals surface area contributed by atoms with Gasteiger partial charge < -0.3 is 47.1 Å². The van der Waals surface area contributed by atoms with Crippen LogP contribution in [-0.2, 0) is 42.3 Å². The van der Waals surface area contributed by atoms with E-state index in [0.29, 0.717) is 130 Å². The summed E-state index contributed by atoms with van der Waals surface area (Å²) in [5.74, 6) is 0.707. The molecule has 43 heavy (non-hydrogen) atoms. The summed E-state index contributed by atoms with van der Waals surface area (Å²) in [4.78, 5) is 10.6. The fourth-order valence-electron chi connectivity index (χ4n) is 3.07. The molecule has 250 valence electrons. The molecule has 0 N–H and O–H groups in total. The Kier molecular flexibility index (Phi) is 23.8. The van der Waals surface area contributed by atoms with E-state index >= 15 is 0 Å². The second kappa shape index (κ2) is 25.8. The second-order valence-corrected chi connectivity index (χ2v) is 15.9. The quantitative estimate of drug-likeness (QED) is 0.0697. The average molecular weight is 633 g/mol. The molecule has 0 unspecified atom stereocenters. The van der Waals surface area contributed by atoms with Crippen LogP contribution in [0.3, 0.4) is 0 Å². The molecule has 0 heterocycles. The molecular weight excluding hydrogens is 576 g/mol. The van der Waals surface area contributed by atoms with Crippen LogP contribution in [-0.4, -0.2) is 134 Å². The van der Waals surface area contributed by atoms with Crippen molar-refractivity contribution in [2.75, 3.05) is 119 Å². The standard InChI is InChI=1S/C31H56O11Si/c1-31(2,3)43(4,5)42-27-25-40-23-21-38-19-17-36-15-13-34-11-10-33-12-14-35-16-18-37-20-22-39-24-26-41-30-8-6-29(28-32)7-9-30/h6-9,28H,10-27H2,1-5H3. The maximum Gasteiger partial charge on any atom is 0.192 e. The van der Waals surface area contributed by atoms with Crippen LogP contribution in [0.5, 0.6) is 5.75 Å². The molecule has 0 aliphatic heterocycles. The van der Waals surface area contributed by atoms with Crippen LogP contribution in [0.25, 0.3) is 0 Å². The zero-order valence-corrected chi connectivity index (χ0v) is 28.1. The first kappa shape index (κ1) is 39.6. The average Bonchev–Trinajstić information content (AvgIpc) is 2.98. The topological polar surface area (TPSA) is 109 Å². The number of carbonyl (C=O) groups excluding carboxylic acids is 1. The van der Waals surface area contributed by atoms with Gasteiger partial charge in [0, 0.05) is 5.56 Å². The van der Waals surface area contributed by atoms with Gasteiger partial charge in [-0.25, -0.2) is 0 Å². The lowest BCUT2D eigenvalue weighted by molar-refractivity contribution is -0.0241. The highest BCUT2D eigenvalue weighted by Crippen LogP contribution is 2.36. The van der Waals surface area contributed by atoms with E-state index in [4.69, 9.17) is 47.1 Å². The van der Waals surface area contributed by atoms with Gasteiger partial charge in [0.2, 0.25) is 0 Å². The van der Waals surface area contributed by atoms with Gasteiger partial charge in [0.05, 0.1) is 112 Å². The number of aldehydes is 1. The molecule has 1 aromatic rings. The molecule has 0 spiro atoms. The molecule has 0 aliphatic carbocycles. The van der Waals surface area contributed by atoms with Crippen LogP contribution in [0.1, 0.15) is 31.1 Å². The smallest absolute Gasteiger partial charge is 0.192 e. The van der Waals surface area contributed by atoms with Gasteiger partial charge in [0.25, 0.3) is 0 Å². The molecule has 0 bridgehead atoms. The van der Waals surface area contributed by atoms with Crippen LogP contribution in [0.2, 0.25) is 18.1 Å². The lowest BCUT2D eigenvalue weighted by Gasteiger charge is -2.36. The molecule has 0 fully saturated rings. The minimum atomic E-state index is -1.70. The number of carbonyl (C=O) groups is 1. The summed E-state index contributed by atoms with van der Waals surface area (Å²) in [5.41, 5.74) is 0.621. The Bertz CT molecular complexity index is 772. The van der Waals surface area contributed by atoms with Crippen molar-refractivity contribution in [2.24, 2.45) is 0 Å². The maximum atomic E-state index is 10.6. The molecule has 0 saturated carbocycles. The maximum absolute atomic E-state index is 10.6. The van der Waals surface area contributed by atoms with E-state index in [9.17, 15) is 4.79 Å². The summed E-state index contributed by atoms with van der Waals surface area (Å²) in [6, 6.07) is 6.94. The molecule has 0 amide bonds. The first-order valence-corrected chi connectivity index (χ1v) is 18.1. The molecule has 11 nitrogen and oxygen atoms in total. The van der Waals surface area contributed by atoms with Crippen molar-refractivity contribution in [2.45, 2.75) is 38.9 Å². The van der Waals surface area contributed by atoms with Crippen molar-refractivity contribution in [3.05, 3.63) is 29.8 Å². The van der Waals surface area contributed by atoms with Crippen LogP contribution < -0.4 is 4.74 Å². The lowest BCUT2D eigenvalue weighted by Crippen LogP contribution is -2.41. The van der Waals surface area contributed by atoms with Crippen molar-refractivity contribution in [1.29, 1.82) is 0 Å². The van der Waals surface area contributed by atoms with Gasteiger partial charge in [-0.05, 0) is 42.4 Å². The molecule has 0 aromatic heterocycles. The van der Waals surface area contributed by atoms with Gasteiger partial charge in [-0.3, -0.25) is 4.79 Å². The Balaban J connectivity index is 1.69. The monoisotopic (exact) mass is 632 g/mol. The number of hydrogen-bond acceptors (Lipinski definition) is 11. The van der Waals surface area contributed by atoms with Gasteiger partial charge >= 0.3 is 0 Å². The Morgan fingerprint density at radius 1 is 0.512 bits per heavy atom. The summed E-state index contributed by atoms with van der Waals surface area (Å²) in [6.07, 6.45) is 0.800. The van der Waals surface area contributed by atoms with Crippen LogP contribution in [0.4, 0.5) is 0 Å². The minimum Gasteiger partial charge on any atom is -0.491 e. The molecule has 1 rings (SSSR count). The number of ether oxygens (including phenoxy) is 9. The highest BCUT2D eigenvalue weighted by atomic mass is 28.4. The first-order valence-electron chi connectivity index (χ1n) is 15.2. The Labute approximate surface area is 259 Å². The molecule has 0 radical (unpaired) electrons. The van der Waals surface area contributed by atoms with E-state index < -0.39 is 8.32 Å². The Morgan fingerprint density at radius 3 is 1.12 bits per heavy atom. The summed E-state index contributed by atoms with van der Waals surface area (Å²) in [7, 11) is -1.70. The highest BCUT2D eigenvalue weighted by molar-refractivity contribution is 6.74. The third-order valence-electron chi connectivity index (χ3n) is 6.61. The molecule has 0 aliphatic rings. The predicted octanol–water partition coefficient (Wildman–Crippen LogP) is 4.03. The molecule has 0 saturated heterocycles. The zero-order chi connectivity index (χ0) is 31.5. The predicted molar refractivity (Wildman–Crippen MR) is 167 cm³/mol. The number of hydrogen-bond donors (Lipinski definition) is 0. The van der Waals surface area contributed by atoms with E-state index in [0.717, 1.165) is 6.29 Å². The van der Waals surface area contributed by atoms with Gasteiger partial charge in [0.1, 0.15) is 18.6 Å². The van der Waals surface area contributed by atoms with E-state index in [1.165, 1.54) is 0 Å². The Morgan fingerprint density at radius 2 is 0.814 bits per heavy atom. The summed E-state index contributed by atoms with van der Waals surface area (Å²) in [5, 5.41) is 0.216. The van der Waals surface area contributed by atoms with Gasteiger partial charge in [0.15, 0.2) is 8.32 Å². The van der Waals surface area contributed by atoms with Crippen molar-refractivity contribution in [3.63, 3.8) is 0 Å². The second-order valence-electron chi connectivity index (χ2n) is 11.0.